The maximum Gasteiger partial charge on any atom is 0.273 e. The Kier molecular flexibility index (Phi) is 6.93. The third-order valence-electron chi connectivity index (χ3n) is 5.55. The Bertz CT molecular complexity index is 1410. The highest BCUT2D eigenvalue weighted by Gasteiger charge is 2.17. The number of benzene rings is 1. The maximum atomic E-state index is 13.4. The number of nitrogens with zero attached hydrogens (tertiary/aromatic N) is 4. The summed E-state index contributed by atoms with van der Waals surface area (Å²) in [7, 11) is 0. The van der Waals surface area contributed by atoms with E-state index in [2.05, 4.69) is 50.8 Å². The number of aromatic nitrogens is 4. The van der Waals surface area contributed by atoms with Crippen LogP contribution in [0.5, 0.6) is 5.75 Å². The molecule has 4 rings (SSSR count). The molecule has 0 aliphatic heterocycles. The zero-order valence-corrected chi connectivity index (χ0v) is 21.5. The summed E-state index contributed by atoms with van der Waals surface area (Å²) in [5, 5.41) is 0. The number of pyridine rings is 2. The third kappa shape index (κ3) is 4.94. The van der Waals surface area contributed by atoms with Gasteiger partial charge in [0.1, 0.15) is 22.7 Å². The lowest BCUT2D eigenvalue weighted by Gasteiger charge is -2.17. The second kappa shape index (κ2) is 9.89. The molecule has 3 heterocycles. The minimum absolute atomic E-state index is 0.190. The van der Waals surface area contributed by atoms with Gasteiger partial charge in [-0.1, -0.05) is 43.7 Å². The topological polar surface area (TPSA) is 69.9 Å². The van der Waals surface area contributed by atoms with Crippen LogP contribution in [0.3, 0.4) is 0 Å². The highest BCUT2D eigenvalue weighted by molar-refractivity contribution is 9.10. The van der Waals surface area contributed by atoms with Crippen LogP contribution in [0.2, 0.25) is 0 Å². The molecule has 0 saturated heterocycles. The van der Waals surface area contributed by atoms with Crippen LogP contribution in [0.4, 0.5) is 0 Å². The van der Waals surface area contributed by atoms with E-state index >= 15 is 0 Å². The highest BCUT2D eigenvalue weighted by Crippen LogP contribution is 2.27. The van der Waals surface area contributed by atoms with E-state index in [4.69, 9.17) is 4.74 Å². The van der Waals surface area contributed by atoms with Crippen LogP contribution in [0.25, 0.3) is 17.1 Å². The molecular weight excluding hydrogens is 492 g/mol. The Balaban J connectivity index is 1.72. The van der Waals surface area contributed by atoms with Gasteiger partial charge in [-0.3, -0.25) is 14.3 Å². The van der Waals surface area contributed by atoms with Crippen molar-refractivity contribution in [2.75, 3.05) is 0 Å². The zero-order chi connectivity index (χ0) is 24.4. The molecule has 6 nitrogen and oxygen atoms in total. The average Bonchev–Trinajstić information content (AvgIpc) is 2.82. The molecule has 1 aromatic carbocycles. The van der Waals surface area contributed by atoms with Gasteiger partial charge >= 0.3 is 0 Å². The van der Waals surface area contributed by atoms with Crippen molar-refractivity contribution in [3.05, 3.63) is 97.9 Å². The van der Waals surface area contributed by atoms with E-state index in [9.17, 15) is 4.79 Å². The lowest BCUT2D eigenvalue weighted by atomic mass is 10.1. The van der Waals surface area contributed by atoms with Crippen molar-refractivity contribution in [3.8, 4) is 22.8 Å². The van der Waals surface area contributed by atoms with Gasteiger partial charge in [0.25, 0.3) is 5.56 Å². The fraction of sp³-hybridized carbons (Fsp3) is 0.259. The molecule has 174 valence electrons. The Morgan fingerprint density at radius 2 is 1.82 bits per heavy atom. The first kappa shape index (κ1) is 23.8. The van der Waals surface area contributed by atoms with Crippen LogP contribution < -0.4 is 10.3 Å². The normalized spacial score (nSPS) is 11.1. The van der Waals surface area contributed by atoms with Gasteiger partial charge in [-0.05, 0) is 60.0 Å². The van der Waals surface area contributed by atoms with Crippen molar-refractivity contribution in [2.45, 2.75) is 47.1 Å². The number of halogens is 1. The third-order valence-corrected chi connectivity index (χ3v) is 6.28. The van der Waals surface area contributed by atoms with Crippen LogP contribution in [0, 0.1) is 20.8 Å². The van der Waals surface area contributed by atoms with Gasteiger partial charge in [0.15, 0.2) is 0 Å². The lowest BCUT2D eigenvalue weighted by Crippen LogP contribution is -2.23. The van der Waals surface area contributed by atoms with Crippen molar-refractivity contribution in [1.29, 1.82) is 0 Å². The summed E-state index contributed by atoms with van der Waals surface area (Å²) >= 11 is 3.47. The monoisotopic (exact) mass is 518 g/mol. The molecule has 34 heavy (non-hydrogen) atoms. The maximum absolute atomic E-state index is 13.4. The molecule has 4 aromatic rings. The zero-order valence-electron chi connectivity index (χ0n) is 20.0. The molecule has 0 fully saturated rings. The van der Waals surface area contributed by atoms with E-state index in [1.54, 1.807) is 17.0 Å². The van der Waals surface area contributed by atoms with Gasteiger partial charge in [-0.15, -0.1) is 0 Å². The molecule has 0 unspecified atom stereocenters. The van der Waals surface area contributed by atoms with Crippen molar-refractivity contribution < 1.29 is 4.74 Å². The molecule has 0 amide bonds. The summed E-state index contributed by atoms with van der Waals surface area (Å²) in [5.41, 5.74) is 5.84. The standard InChI is InChI=1S/C27H27BrN4O2/c1-16(2)26-29-10-9-21(31-26)22-13-23(18(4)14-30-22)32-19(5)12-24(25(28)27(32)33)34-15-20-8-6-7-17(3)11-20/h6-14,16H,15H2,1-5H3. The Morgan fingerprint density at radius 1 is 1.03 bits per heavy atom. The minimum Gasteiger partial charge on any atom is -0.487 e. The van der Waals surface area contributed by atoms with E-state index in [0.717, 1.165) is 34.0 Å². The number of hydrogen-bond acceptors (Lipinski definition) is 5. The lowest BCUT2D eigenvalue weighted by molar-refractivity contribution is 0.302. The van der Waals surface area contributed by atoms with Crippen LogP contribution in [0.15, 0.2) is 64.1 Å². The highest BCUT2D eigenvalue weighted by atomic mass is 79.9. The van der Waals surface area contributed by atoms with E-state index < -0.39 is 0 Å². The molecule has 7 heteroatoms. The predicted molar refractivity (Wildman–Crippen MR) is 138 cm³/mol. The van der Waals surface area contributed by atoms with E-state index in [1.807, 2.05) is 57.2 Å². The average molecular weight is 519 g/mol. The van der Waals surface area contributed by atoms with Crippen LogP contribution in [-0.2, 0) is 6.61 Å². The van der Waals surface area contributed by atoms with E-state index in [1.165, 1.54) is 5.56 Å². The predicted octanol–water partition coefficient (Wildman–Crippen LogP) is 6.08. The molecule has 0 aliphatic carbocycles. The molecule has 0 radical (unpaired) electrons. The summed E-state index contributed by atoms with van der Waals surface area (Å²) in [6.45, 7) is 10.4. The summed E-state index contributed by atoms with van der Waals surface area (Å²) in [4.78, 5) is 27.0. The van der Waals surface area contributed by atoms with Gasteiger partial charge < -0.3 is 4.74 Å². The summed E-state index contributed by atoms with van der Waals surface area (Å²) in [6, 6.07) is 13.7. The van der Waals surface area contributed by atoms with Crippen molar-refractivity contribution in [3.63, 3.8) is 0 Å². The molecule has 3 aromatic heterocycles. The fourth-order valence-corrected chi connectivity index (χ4v) is 4.14. The second-order valence-corrected chi connectivity index (χ2v) is 9.49. The van der Waals surface area contributed by atoms with Gasteiger partial charge in [-0.25, -0.2) is 9.97 Å². The molecule has 0 saturated carbocycles. The Hall–Kier alpha value is -3.32. The summed E-state index contributed by atoms with van der Waals surface area (Å²) in [6.07, 6.45) is 3.51. The first-order chi connectivity index (χ1) is 16.2. The van der Waals surface area contributed by atoms with E-state index in [-0.39, 0.29) is 11.5 Å². The first-order valence-corrected chi connectivity index (χ1v) is 11.9. The minimum atomic E-state index is -0.190. The van der Waals surface area contributed by atoms with Crippen molar-refractivity contribution in [1.82, 2.24) is 19.5 Å². The molecule has 0 spiro atoms. The van der Waals surface area contributed by atoms with Crippen LogP contribution >= 0.6 is 15.9 Å². The quantitative estimate of drug-likeness (QED) is 0.309. The number of ether oxygens (including phenoxy) is 1. The first-order valence-electron chi connectivity index (χ1n) is 11.2. The smallest absolute Gasteiger partial charge is 0.273 e. The molecule has 0 bridgehead atoms. The van der Waals surface area contributed by atoms with Gasteiger partial charge in [0, 0.05) is 30.1 Å². The number of rotatable bonds is 6. The van der Waals surface area contributed by atoms with Crippen molar-refractivity contribution >= 4 is 15.9 Å². The molecule has 0 atom stereocenters. The van der Waals surface area contributed by atoms with Crippen LogP contribution in [-0.4, -0.2) is 19.5 Å². The largest absolute Gasteiger partial charge is 0.487 e. The van der Waals surface area contributed by atoms with E-state index in [0.29, 0.717) is 22.5 Å². The second-order valence-electron chi connectivity index (χ2n) is 8.69. The van der Waals surface area contributed by atoms with Gasteiger partial charge in [-0.2, -0.15) is 0 Å². The fourth-order valence-electron chi connectivity index (χ4n) is 3.74. The molecule has 0 N–H and O–H groups in total. The van der Waals surface area contributed by atoms with Gasteiger partial charge in [0.2, 0.25) is 0 Å². The van der Waals surface area contributed by atoms with Crippen molar-refractivity contribution in [2.24, 2.45) is 0 Å². The Labute approximate surface area is 207 Å². The number of aryl methyl sites for hydroxylation is 3. The molecular formula is C27H27BrN4O2. The Morgan fingerprint density at radius 3 is 2.56 bits per heavy atom. The van der Waals surface area contributed by atoms with Gasteiger partial charge in [0.05, 0.1) is 17.1 Å². The number of hydrogen-bond donors (Lipinski definition) is 0. The molecule has 0 aliphatic rings. The summed E-state index contributed by atoms with van der Waals surface area (Å²) < 4.78 is 8.06. The SMILES string of the molecule is Cc1cccc(COc2cc(C)n(-c3cc(-c4ccnc(C(C)C)n4)ncc3C)c(=O)c2Br)c1. The summed E-state index contributed by atoms with van der Waals surface area (Å²) in [5.74, 6) is 1.48. The van der Waals surface area contributed by atoms with Crippen LogP contribution in [0.1, 0.15) is 48.0 Å².